The smallest absolute Gasteiger partial charge is 0.253 e. The first-order valence-electron chi connectivity index (χ1n) is 7.64. The van der Waals surface area contributed by atoms with Gasteiger partial charge in [0.2, 0.25) is 0 Å². The van der Waals surface area contributed by atoms with Crippen molar-refractivity contribution in [3.05, 3.63) is 35.9 Å². The van der Waals surface area contributed by atoms with Crippen LogP contribution in [0.1, 0.15) is 23.2 Å². The number of carbonyl (C=O) groups excluding carboxylic acids is 1. The van der Waals surface area contributed by atoms with Crippen LogP contribution in [0.25, 0.3) is 0 Å². The van der Waals surface area contributed by atoms with Crippen molar-refractivity contribution in [3.8, 4) is 0 Å². The standard InChI is InChI=1S/C17H29N3O/c1-18(2)12-8-14-20(15-9-13-19(3)4)17(21)16-10-6-5-7-11-16/h5-7,10-11H,8-9,12-15H2,1-4H3. The third-order valence-corrected chi connectivity index (χ3v) is 3.37. The SMILES string of the molecule is CN(C)CCCN(CCCN(C)C)C(=O)c1ccccc1. The molecule has 0 fully saturated rings. The summed E-state index contributed by atoms with van der Waals surface area (Å²) in [5, 5.41) is 0. The maximum atomic E-state index is 12.6. The highest BCUT2D eigenvalue weighted by molar-refractivity contribution is 5.94. The first-order chi connectivity index (χ1) is 10.0. The van der Waals surface area contributed by atoms with Crippen molar-refractivity contribution in [2.45, 2.75) is 12.8 Å². The minimum atomic E-state index is 0.146. The number of nitrogens with zero attached hydrogens (tertiary/aromatic N) is 3. The Balaban J connectivity index is 2.59. The zero-order valence-corrected chi connectivity index (χ0v) is 13.9. The molecule has 118 valence electrons. The third-order valence-electron chi connectivity index (χ3n) is 3.37. The Morgan fingerprint density at radius 3 is 1.71 bits per heavy atom. The van der Waals surface area contributed by atoms with Gasteiger partial charge in [0.25, 0.3) is 5.91 Å². The normalized spacial score (nSPS) is 11.1. The van der Waals surface area contributed by atoms with E-state index in [1.165, 1.54) is 0 Å². The number of hydrogen-bond acceptors (Lipinski definition) is 3. The summed E-state index contributed by atoms with van der Waals surface area (Å²) in [6.45, 7) is 3.65. The van der Waals surface area contributed by atoms with Gasteiger partial charge in [0.15, 0.2) is 0 Å². The summed E-state index contributed by atoms with van der Waals surface area (Å²) < 4.78 is 0. The molecule has 1 rings (SSSR count). The van der Waals surface area contributed by atoms with Crippen LogP contribution in [0.5, 0.6) is 0 Å². The molecule has 0 atom stereocenters. The molecule has 0 saturated heterocycles. The van der Waals surface area contributed by atoms with Crippen LogP contribution in [0.2, 0.25) is 0 Å². The number of carbonyl (C=O) groups is 1. The number of rotatable bonds is 9. The van der Waals surface area contributed by atoms with Crippen LogP contribution in [0.3, 0.4) is 0 Å². The second-order valence-electron chi connectivity index (χ2n) is 5.97. The third kappa shape index (κ3) is 7.25. The van der Waals surface area contributed by atoms with Gasteiger partial charge in [0.05, 0.1) is 0 Å². The molecule has 4 nitrogen and oxygen atoms in total. The van der Waals surface area contributed by atoms with Gasteiger partial charge in [-0.1, -0.05) is 18.2 Å². The number of amides is 1. The maximum Gasteiger partial charge on any atom is 0.253 e. The van der Waals surface area contributed by atoms with E-state index in [1.54, 1.807) is 0 Å². The first-order valence-corrected chi connectivity index (χ1v) is 7.64. The lowest BCUT2D eigenvalue weighted by atomic mass is 10.2. The second-order valence-corrected chi connectivity index (χ2v) is 5.97. The molecule has 0 N–H and O–H groups in total. The molecular weight excluding hydrogens is 262 g/mol. The van der Waals surface area contributed by atoms with Crippen molar-refractivity contribution in [1.82, 2.24) is 14.7 Å². The highest BCUT2D eigenvalue weighted by Gasteiger charge is 2.14. The van der Waals surface area contributed by atoms with Gasteiger partial charge in [0.1, 0.15) is 0 Å². The van der Waals surface area contributed by atoms with Crippen molar-refractivity contribution >= 4 is 5.91 Å². The molecular formula is C17H29N3O. The molecule has 0 heterocycles. The van der Waals surface area contributed by atoms with E-state index in [4.69, 9.17) is 0 Å². The van der Waals surface area contributed by atoms with Crippen LogP contribution < -0.4 is 0 Å². The average Bonchev–Trinajstić information content (AvgIpc) is 2.45. The Morgan fingerprint density at radius 2 is 1.29 bits per heavy atom. The molecule has 1 aromatic carbocycles. The maximum absolute atomic E-state index is 12.6. The van der Waals surface area contributed by atoms with Crippen LogP contribution in [0, 0.1) is 0 Å². The largest absolute Gasteiger partial charge is 0.339 e. The molecule has 0 aliphatic heterocycles. The van der Waals surface area contributed by atoms with Gasteiger partial charge in [0, 0.05) is 18.7 Å². The van der Waals surface area contributed by atoms with Crippen LogP contribution in [0.4, 0.5) is 0 Å². The molecule has 0 bridgehead atoms. The first kappa shape index (κ1) is 17.7. The molecule has 0 aliphatic rings. The van der Waals surface area contributed by atoms with E-state index in [2.05, 4.69) is 38.0 Å². The molecule has 0 aromatic heterocycles. The van der Waals surface area contributed by atoms with E-state index < -0.39 is 0 Å². The molecule has 0 unspecified atom stereocenters. The average molecular weight is 291 g/mol. The van der Waals surface area contributed by atoms with Gasteiger partial charge in [-0.3, -0.25) is 4.79 Å². The highest BCUT2D eigenvalue weighted by Crippen LogP contribution is 2.07. The molecule has 4 heteroatoms. The predicted octanol–water partition coefficient (Wildman–Crippen LogP) is 2.03. The Morgan fingerprint density at radius 1 is 0.810 bits per heavy atom. The molecule has 21 heavy (non-hydrogen) atoms. The quantitative estimate of drug-likeness (QED) is 0.696. The molecule has 0 spiro atoms. The van der Waals surface area contributed by atoms with Crippen molar-refractivity contribution in [3.63, 3.8) is 0 Å². The zero-order valence-electron chi connectivity index (χ0n) is 13.9. The van der Waals surface area contributed by atoms with Gasteiger partial charge in [-0.15, -0.1) is 0 Å². The fourth-order valence-electron chi connectivity index (χ4n) is 2.23. The number of hydrogen-bond donors (Lipinski definition) is 0. The molecule has 0 saturated carbocycles. The zero-order chi connectivity index (χ0) is 15.7. The van der Waals surface area contributed by atoms with Gasteiger partial charge >= 0.3 is 0 Å². The molecule has 1 aromatic rings. The lowest BCUT2D eigenvalue weighted by molar-refractivity contribution is 0.0744. The van der Waals surface area contributed by atoms with Gasteiger partial charge in [-0.05, 0) is 66.3 Å². The van der Waals surface area contributed by atoms with E-state index in [1.807, 2.05) is 35.2 Å². The Hall–Kier alpha value is -1.39. The van der Waals surface area contributed by atoms with Crippen LogP contribution in [-0.2, 0) is 0 Å². The molecule has 0 aliphatic carbocycles. The Bertz CT molecular complexity index is 390. The fourth-order valence-corrected chi connectivity index (χ4v) is 2.23. The Kier molecular flexibility index (Phi) is 8.01. The summed E-state index contributed by atoms with van der Waals surface area (Å²) in [6, 6.07) is 9.58. The topological polar surface area (TPSA) is 26.8 Å². The van der Waals surface area contributed by atoms with E-state index in [9.17, 15) is 4.79 Å². The lowest BCUT2D eigenvalue weighted by Gasteiger charge is -2.24. The minimum Gasteiger partial charge on any atom is -0.339 e. The van der Waals surface area contributed by atoms with Gasteiger partial charge in [-0.2, -0.15) is 0 Å². The van der Waals surface area contributed by atoms with E-state index in [0.29, 0.717) is 0 Å². The molecule has 0 radical (unpaired) electrons. The van der Waals surface area contributed by atoms with Crippen molar-refractivity contribution in [2.75, 3.05) is 54.4 Å². The summed E-state index contributed by atoms with van der Waals surface area (Å²) in [4.78, 5) is 18.9. The van der Waals surface area contributed by atoms with Gasteiger partial charge in [-0.25, -0.2) is 0 Å². The monoisotopic (exact) mass is 291 g/mol. The fraction of sp³-hybridized carbons (Fsp3) is 0.588. The van der Waals surface area contributed by atoms with Crippen LogP contribution >= 0.6 is 0 Å². The van der Waals surface area contributed by atoms with E-state index in [-0.39, 0.29) is 5.91 Å². The minimum absolute atomic E-state index is 0.146. The summed E-state index contributed by atoms with van der Waals surface area (Å²) >= 11 is 0. The Labute approximate surface area is 129 Å². The van der Waals surface area contributed by atoms with E-state index in [0.717, 1.165) is 44.6 Å². The molecule has 1 amide bonds. The summed E-state index contributed by atoms with van der Waals surface area (Å²) in [5.74, 6) is 0.146. The highest BCUT2D eigenvalue weighted by atomic mass is 16.2. The summed E-state index contributed by atoms with van der Waals surface area (Å²) in [6.07, 6.45) is 2.01. The van der Waals surface area contributed by atoms with Crippen LogP contribution in [0.15, 0.2) is 30.3 Å². The summed E-state index contributed by atoms with van der Waals surface area (Å²) in [7, 11) is 8.26. The number of benzene rings is 1. The van der Waals surface area contributed by atoms with Gasteiger partial charge < -0.3 is 14.7 Å². The summed E-state index contributed by atoms with van der Waals surface area (Å²) in [5.41, 5.74) is 0.784. The predicted molar refractivity (Wildman–Crippen MR) is 88.7 cm³/mol. The lowest BCUT2D eigenvalue weighted by Crippen LogP contribution is -2.35. The van der Waals surface area contributed by atoms with Crippen molar-refractivity contribution in [1.29, 1.82) is 0 Å². The van der Waals surface area contributed by atoms with E-state index >= 15 is 0 Å². The second kappa shape index (κ2) is 9.53. The van der Waals surface area contributed by atoms with Crippen molar-refractivity contribution in [2.24, 2.45) is 0 Å². The van der Waals surface area contributed by atoms with Crippen molar-refractivity contribution < 1.29 is 4.79 Å². The van der Waals surface area contributed by atoms with Crippen LogP contribution in [-0.4, -0.2) is 75.0 Å².